The van der Waals surface area contributed by atoms with Crippen LogP contribution in [0.1, 0.15) is 12.6 Å². The Hall–Kier alpha value is -1.32. The van der Waals surface area contributed by atoms with Crippen molar-refractivity contribution in [1.29, 1.82) is 0 Å². The lowest BCUT2D eigenvalue weighted by atomic mass is 10.1. The molecule has 0 N–H and O–H groups in total. The third-order valence-corrected chi connectivity index (χ3v) is 2.04. The van der Waals surface area contributed by atoms with E-state index in [1.54, 1.807) is 12.5 Å². The molecule has 0 radical (unpaired) electrons. The first-order valence-corrected chi connectivity index (χ1v) is 4.18. The summed E-state index contributed by atoms with van der Waals surface area (Å²) in [6, 6.07) is 0. The summed E-state index contributed by atoms with van der Waals surface area (Å²) < 4.78 is 6.53. The van der Waals surface area contributed by atoms with Crippen LogP contribution in [-0.2, 0) is 23.0 Å². The van der Waals surface area contributed by atoms with Crippen LogP contribution in [0.4, 0.5) is 0 Å². The number of aromatic nitrogens is 2. The molecular formula is C9H14N2O2. The molecule has 0 aliphatic carbocycles. The van der Waals surface area contributed by atoms with Gasteiger partial charge in [0.25, 0.3) is 0 Å². The lowest BCUT2D eigenvalue weighted by Crippen LogP contribution is -2.16. The molecule has 0 bridgehead atoms. The van der Waals surface area contributed by atoms with Crippen LogP contribution < -0.4 is 0 Å². The summed E-state index contributed by atoms with van der Waals surface area (Å²) in [7, 11) is 3.31. The molecule has 0 fully saturated rings. The molecule has 1 rings (SSSR count). The van der Waals surface area contributed by atoms with Crippen molar-refractivity contribution in [3.63, 3.8) is 0 Å². The molecule has 0 aliphatic heterocycles. The van der Waals surface area contributed by atoms with Crippen LogP contribution in [0.25, 0.3) is 0 Å². The minimum Gasteiger partial charge on any atom is -0.469 e. The zero-order valence-electron chi connectivity index (χ0n) is 8.15. The second kappa shape index (κ2) is 4.07. The Labute approximate surface area is 77.5 Å². The molecule has 1 aromatic heterocycles. The van der Waals surface area contributed by atoms with Crippen molar-refractivity contribution in [3.05, 3.63) is 18.2 Å². The fourth-order valence-corrected chi connectivity index (χ4v) is 1.18. The van der Waals surface area contributed by atoms with Crippen molar-refractivity contribution in [2.24, 2.45) is 13.0 Å². The summed E-state index contributed by atoms with van der Waals surface area (Å²) in [5.41, 5.74) is 1.04. The van der Waals surface area contributed by atoms with Gasteiger partial charge in [0.15, 0.2) is 0 Å². The second-order valence-electron chi connectivity index (χ2n) is 3.12. The standard InChI is InChI=1S/C9H14N2O2/c1-7(9(12)13-3)4-8-5-10-6-11(8)2/h5-7H,4H2,1-3H3/t7-/m0/s1. The summed E-state index contributed by atoms with van der Waals surface area (Å²) >= 11 is 0. The number of aryl methyl sites for hydroxylation is 1. The molecule has 0 amide bonds. The van der Waals surface area contributed by atoms with Crippen molar-refractivity contribution < 1.29 is 9.53 Å². The lowest BCUT2D eigenvalue weighted by molar-refractivity contribution is -0.144. The monoisotopic (exact) mass is 182 g/mol. The Morgan fingerprint density at radius 3 is 2.92 bits per heavy atom. The van der Waals surface area contributed by atoms with E-state index in [0.717, 1.165) is 5.69 Å². The average Bonchev–Trinajstić information content (AvgIpc) is 2.50. The third-order valence-electron chi connectivity index (χ3n) is 2.04. The summed E-state index contributed by atoms with van der Waals surface area (Å²) in [6.45, 7) is 1.85. The highest BCUT2D eigenvalue weighted by Crippen LogP contribution is 2.08. The van der Waals surface area contributed by atoms with Gasteiger partial charge in [-0.1, -0.05) is 6.92 Å². The number of hydrogen-bond donors (Lipinski definition) is 0. The van der Waals surface area contributed by atoms with Gasteiger partial charge >= 0.3 is 5.97 Å². The van der Waals surface area contributed by atoms with Gasteiger partial charge in [-0.05, 0) is 0 Å². The van der Waals surface area contributed by atoms with Crippen LogP contribution in [0.5, 0.6) is 0 Å². The summed E-state index contributed by atoms with van der Waals surface area (Å²) in [5.74, 6) is -0.290. The SMILES string of the molecule is COC(=O)[C@@H](C)Cc1cncn1C. The van der Waals surface area contributed by atoms with E-state index in [2.05, 4.69) is 9.72 Å². The van der Waals surface area contributed by atoms with Gasteiger partial charge < -0.3 is 9.30 Å². The zero-order valence-corrected chi connectivity index (χ0v) is 8.15. The smallest absolute Gasteiger partial charge is 0.308 e. The Morgan fingerprint density at radius 1 is 1.77 bits per heavy atom. The van der Waals surface area contributed by atoms with Crippen molar-refractivity contribution in [3.8, 4) is 0 Å². The van der Waals surface area contributed by atoms with E-state index in [9.17, 15) is 4.79 Å². The Bertz CT molecular complexity index is 294. The normalized spacial score (nSPS) is 12.5. The van der Waals surface area contributed by atoms with Crippen LogP contribution in [-0.4, -0.2) is 22.6 Å². The van der Waals surface area contributed by atoms with E-state index >= 15 is 0 Å². The largest absolute Gasteiger partial charge is 0.469 e. The average molecular weight is 182 g/mol. The van der Waals surface area contributed by atoms with Crippen molar-refractivity contribution in [1.82, 2.24) is 9.55 Å². The van der Waals surface area contributed by atoms with E-state index in [1.807, 2.05) is 18.5 Å². The molecule has 0 unspecified atom stereocenters. The number of ether oxygens (including phenoxy) is 1. The molecule has 1 heterocycles. The number of esters is 1. The van der Waals surface area contributed by atoms with Gasteiger partial charge in [0, 0.05) is 25.4 Å². The van der Waals surface area contributed by atoms with Gasteiger partial charge in [-0.25, -0.2) is 4.98 Å². The predicted octanol–water partition coefficient (Wildman–Crippen LogP) is 0.772. The minimum absolute atomic E-state index is 0.111. The summed E-state index contributed by atoms with van der Waals surface area (Å²) in [5, 5.41) is 0. The van der Waals surface area contributed by atoms with E-state index in [1.165, 1.54) is 7.11 Å². The van der Waals surface area contributed by atoms with Crippen LogP contribution in [0.15, 0.2) is 12.5 Å². The Morgan fingerprint density at radius 2 is 2.46 bits per heavy atom. The van der Waals surface area contributed by atoms with Crippen molar-refractivity contribution in [2.45, 2.75) is 13.3 Å². The first kappa shape index (κ1) is 9.77. The van der Waals surface area contributed by atoms with Crippen LogP contribution >= 0.6 is 0 Å². The molecule has 0 saturated heterocycles. The molecule has 4 nitrogen and oxygen atoms in total. The fraction of sp³-hybridized carbons (Fsp3) is 0.556. The van der Waals surface area contributed by atoms with E-state index in [4.69, 9.17) is 0 Å². The fourth-order valence-electron chi connectivity index (χ4n) is 1.18. The number of carbonyl (C=O) groups is 1. The molecule has 1 aromatic rings. The lowest BCUT2D eigenvalue weighted by Gasteiger charge is -2.08. The van der Waals surface area contributed by atoms with E-state index in [0.29, 0.717) is 6.42 Å². The van der Waals surface area contributed by atoms with Crippen molar-refractivity contribution in [2.75, 3.05) is 7.11 Å². The maximum atomic E-state index is 11.1. The number of nitrogens with zero attached hydrogens (tertiary/aromatic N) is 2. The number of imidazole rings is 1. The first-order chi connectivity index (χ1) is 6.15. The van der Waals surface area contributed by atoms with E-state index in [-0.39, 0.29) is 11.9 Å². The molecular weight excluding hydrogens is 168 g/mol. The summed E-state index contributed by atoms with van der Waals surface area (Å²) in [4.78, 5) is 15.1. The van der Waals surface area contributed by atoms with E-state index < -0.39 is 0 Å². The number of carbonyl (C=O) groups excluding carboxylic acids is 1. The van der Waals surface area contributed by atoms with Gasteiger partial charge in [0.1, 0.15) is 0 Å². The minimum atomic E-state index is -0.179. The molecule has 4 heteroatoms. The van der Waals surface area contributed by atoms with Crippen LogP contribution in [0, 0.1) is 5.92 Å². The molecule has 13 heavy (non-hydrogen) atoms. The zero-order chi connectivity index (χ0) is 9.84. The topological polar surface area (TPSA) is 44.1 Å². The summed E-state index contributed by atoms with van der Waals surface area (Å²) in [6.07, 6.45) is 4.15. The number of rotatable bonds is 3. The molecule has 1 atom stereocenters. The maximum absolute atomic E-state index is 11.1. The highest BCUT2D eigenvalue weighted by Gasteiger charge is 2.14. The van der Waals surface area contributed by atoms with Gasteiger partial charge in [-0.3, -0.25) is 4.79 Å². The van der Waals surface area contributed by atoms with Crippen LogP contribution in [0.3, 0.4) is 0 Å². The number of methoxy groups -OCH3 is 1. The molecule has 0 spiro atoms. The predicted molar refractivity (Wildman–Crippen MR) is 48.1 cm³/mol. The highest BCUT2D eigenvalue weighted by atomic mass is 16.5. The molecule has 0 aromatic carbocycles. The molecule has 0 aliphatic rings. The maximum Gasteiger partial charge on any atom is 0.308 e. The third kappa shape index (κ3) is 2.31. The Balaban J connectivity index is 2.59. The van der Waals surface area contributed by atoms with Gasteiger partial charge in [-0.15, -0.1) is 0 Å². The number of hydrogen-bond acceptors (Lipinski definition) is 3. The quantitative estimate of drug-likeness (QED) is 0.648. The second-order valence-corrected chi connectivity index (χ2v) is 3.12. The van der Waals surface area contributed by atoms with Crippen molar-refractivity contribution >= 4 is 5.97 Å². The van der Waals surface area contributed by atoms with Crippen LogP contribution in [0.2, 0.25) is 0 Å². The first-order valence-electron chi connectivity index (χ1n) is 4.18. The van der Waals surface area contributed by atoms with Gasteiger partial charge in [0.2, 0.25) is 0 Å². The highest BCUT2D eigenvalue weighted by molar-refractivity contribution is 5.72. The molecule has 72 valence electrons. The Kier molecular flexibility index (Phi) is 3.06. The molecule has 0 saturated carbocycles. The van der Waals surface area contributed by atoms with Gasteiger partial charge in [-0.2, -0.15) is 0 Å². The van der Waals surface area contributed by atoms with Gasteiger partial charge in [0.05, 0.1) is 19.4 Å².